The standard InChI is InChI=1S/C8H13BrO2/c1-3-7(5-6-9)11-8(10)4-2/h4,7H,2-3,5-6H2,1H3. The summed E-state index contributed by atoms with van der Waals surface area (Å²) >= 11 is 3.29. The van der Waals surface area contributed by atoms with Crippen molar-refractivity contribution in [1.29, 1.82) is 0 Å². The predicted molar refractivity (Wildman–Crippen MR) is 48.8 cm³/mol. The minimum absolute atomic E-state index is 0.0277. The highest BCUT2D eigenvalue weighted by Gasteiger charge is 2.08. The molecule has 0 fully saturated rings. The maximum absolute atomic E-state index is 10.7. The van der Waals surface area contributed by atoms with E-state index in [0.717, 1.165) is 18.2 Å². The highest BCUT2D eigenvalue weighted by atomic mass is 79.9. The molecule has 0 heterocycles. The van der Waals surface area contributed by atoms with Gasteiger partial charge in [-0.1, -0.05) is 29.4 Å². The monoisotopic (exact) mass is 220 g/mol. The molecule has 0 saturated carbocycles. The first-order valence-corrected chi connectivity index (χ1v) is 4.75. The molecule has 0 bridgehead atoms. The molecule has 0 aromatic carbocycles. The summed E-state index contributed by atoms with van der Waals surface area (Å²) in [6.45, 7) is 5.31. The van der Waals surface area contributed by atoms with Crippen LogP contribution in [0.3, 0.4) is 0 Å². The van der Waals surface area contributed by atoms with E-state index in [4.69, 9.17) is 4.74 Å². The molecule has 0 aliphatic carbocycles. The van der Waals surface area contributed by atoms with Gasteiger partial charge in [0.1, 0.15) is 6.10 Å². The molecule has 0 spiro atoms. The van der Waals surface area contributed by atoms with Gasteiger partial charge in [0.25, 0.3) is 0 Å². The van der Waals surface area contributed by atoms with E-state index in [1.54, 1.807) is 0 Å². The van der Waals surface area contributed by atoms with Gasteiger partial charge in [0.15, 0.2) is 0 Å². The second kappa shape index (κ2) is 6.40. The number of rotatable bonds is 5. The van der Waals surface area contributed by atoms with Crippen LogP contribution < -0.4 is 0 Å². The quantitative estimate of drug-likeness (QED) is 0.404. The number of hydrogen-bond donors (Lipinski definition) is 0. The first-order chi connectivity index (χ1) is 5.24. The molecule has 0 amide bonds. The minimum atomic E-state index is -0.335. The average Bonchev–Trinajstić information content (AvgIpc) is 2.03. The summed E-state index contributed by atoms with van der Waals surface area (Å²) in [7, 11) is 0. The number of carbonyl (C=O) groups excluding carboxylic acids is 1. The van der Waals surface area contributed by atoms with Crippen LogP contribution in [0.5, 0.6) is 0 Å². The van der Waals surface area contributed by atoms with Gasteiger partial charge < -0.3 is 4.74 Å². The van der Waals surface area contributed by atoms with Gasteiger partial charge in [0.05, 0.1) is 0 Å². The molecule has 1 atom stereocenters. The molecule has 0 aliphatic rings. The zero-order chi connectivity index (χ0) is 8.69. The third kappa shape index (κ3) is 5.01. The van der Waals surface area contributed by atoms with Crippen LogP contribution in [0, 0.1) is 0 Å². The maximum Gasteiger partial charge on any atom is 0.330 e. The molecular formula is C8H13BrO2. The van der Waals surface area contributed by atoms with Crippen molar-refractivity contribution < 1.29 is 9.53 Å². The van der Waals surface area contributed by atoms with Crippen molar-refractivity contribution in [2.24, 2.45) is 0 Å². The number of hydrogen-bond acceptors (Lipinski definition) is 2. The van der Waals surface area contributed by atoms with Crippen LogP contribution in [0.4, 0.5) is 0 Å². The lowest BCUT2D eigenvalue weighted by atomic mass is 10.2. The van der Waals surface area contributed by atoms with E-state index in [-0.39, 0.29) is 12.1 Å². The summed E-state index contributed by atoms with van der Waals surface area (Å²) in [4.78, 5) is 10.7. The Hall–Kier alpha value is -0.310. The highest BCUT2D eigenvalue weighted by molar-refractivity contribution is 9.09. The molecule has 11 heavy (non-hydrogen) atoms. The fourth-order valence-electron chi connectivity index (χ4n) is 0.680. The van der Waals surface area contributed by atoms with Gasteiger partial charge >= 0.3 is 5.97 Å². The van der Waals surface area contributed by atoms with Gasteiger partial charge in [0.2, 0.25) is 0 Å². The Morgan fingerprint density at radius 3 is 2.82 bits per heavy atom. The molecule has 0 saturated heterocycles. The Kier molecular flexibility index (Phi) is 6.22. The fraction of sp³-hybridized carbons (Fsp3) is 0.625. The van der Waals surface area contributed by atoms with Gasteiger partial charge in [0, 0.05) is 11.4 Å². The lowest BCUT2D eigenvalue weighted by Crippen LogP contribution is -2.15. The van der Waals surface area contributed by atoms with E-state index in [0.29, 0.717) is 0 Å². The van der Waals surface area contributed by atoms with E-state index >= 15 is 0 Å². The first-order valence-electron chi connectivity index (χ1n) is 3.63. The predicted octanol–water partition coefficient (Wildman–Crippen LogP) is 2.28. The lowest BCUT2D eigenvalue weighted by Gasteiger charge is -2.12. The smallest absolute Gasteiger partial charge is 0.330 e. The number of halogens is 1. The van der Waals surface area contributed by atoms with Crippen molar-refractivity contribution in [2.45, 2.75) is 25.9 Å². The molecule has 0 aliphatic heterocycles. The second-order valence-corrected chi connectivity index (χ2v) is 2.94. The number of esters is 1. The van der Waals surface area contributed by atoms with Gasteiger partial charge in [-0.25, -0.2) is 4.79 Å². The molecule has 3 heteroatoms. The van der Waals surface area contributed by atoms with Crippen LogP contribution in [-0.2, 0) is 9.53 Å². The zero-order valence-electron chi connectivity index (χ0n) is 6.68. The number of ether oxygens (including phenoxy) is 1. The van der Waals surface area contributed by atoms with Crippen LogP contribution in [0.2, 0.25) is 0 Å². The average molecular weight is 221 g/mol. The zero-order valence-corrected chi connectivity index (χ0v) is 8.26. The maximum atomic E-state index is 10.7. The first kappa shape index (κ1) is 10.7. The Morgan fingerprint density at radius 1 is 1.82 bits per heavy atom. The molecular weight excluding hydrogens is 208 g/mol. The van der Waals surface area contributed by atoms with E-state index in [2.05, 4.69) is 22.5 Å². The summed E-state index contributed by atoms with van der Waals surface area (Å²) in [5.74, 6) is -0.335. The third-order valence-corrected chi connectivity index (χ3v) is 1.79. The largest absolute Gasteiger partial charge is 0.459 e. The summed E-state index contributed by atoms with van der Waals surface area (Å²) in [6.07, 6.45) is 2.93. The Labute approximate surface area is 75.7 Å². The highest BCUT2D eigenvalue weighted by Crippen LogP contribution is 2.05. The summed E-state index contributed by atoms with van der Waals surface area (Å²) < 4.78 is 5.00. The summed E-state index contributed by atoms with van der Waals surface area (Å²) in [5, 5.41) is 0.857. The van der Waals surface area contributed by atoms with Crippen molar-refractivity contribution in [3.05, 3.63) is 12.7 Å². The molecule has 2 nitrogen and oxygen atoms in total. The second-order valence-electron chi connectivity index (χ2n) is 2.15. The van der Waals surface area contributed by atoms with Crippen LogP contribution in [0.25, 0.3) is 0 Å². The van der Waals surface area contributed by atoms with Gasteiger partial charge in [-0.2, -0.15) is 0 Å². The SMILES string of the molecule is C=CC(=O)OC(CC)CCBr. The van der Waals surface area contributed by atoms with E-state index in [1.807, 2.05) is 6.92 Å². The lowest BCUT2D eigenvalue weighted by molar-refractivity contribution is -0.143. The van der Waals surface area contributed by atoms with Crippen molar-refractivity contribution in [1.82, 2.24) is 0 Å². The molecule has 0 rings (SSSR count). The Balaban J connectivity index is 3.67. The number of alkyl halides is 1. The molecule has 0 aromatic heterocycles. The fourth-order valence-corrected chi connectivity index (χ4v) is 1.19. The Morgan fingerprint density at radius 2 is 2.45 bits per heavy atom. The van der Waals surface area contributed by atoms with Crippen LogP contribution >= 0.6 is 15.9 Å². The van der Waals surface area contributed by atoms with Gasteiger partial charge in [-0.15, -0.1) is 0 Å². The van der Waals surface area contributed by atoms with Crippen molar-refractivity contribution in [2.75, 3.05) is 5.33 Å². The molecule has 0 radical (unpaired) electrons. The summed E-state index contributed by atoms with van der Waals surface area (Å²) in [5.41, 5.74) is 0. The topological polar surface area (TPSA) is 26.3 Å². The molecule has 0 aromatic rings. The third-order valence-electron chi connectivity index (χ3n) is 1.34. The minimum Gasteiger partial charge on any atom is -0.459 e. The van der Waals surface area contributed by atoms with Gasteiger partial charge in [-0.05, 0) is 12.8 Å². The van der Waals surface area contributed by atoms with Crippen molar-refractivity contribution >= 4 is 21.9 Å². The molecule has 1 unspecified atom stereocenters. The summed E-state index contributed by atoms with van der Waals surface area (Å²) in [6, 6.07) is 0. The molecule has 0 N–H and O–H groups in total. The normalized spacial score (nSPS) is 12.2. The van der Waals surface area contributed by atoms with Crippen molar-refractivity contribution in [3.63, 3.8) is 0 Å². The van der Waals surface area contributed by atoms with Crippen LogP contribution in [-0.4, -0.2) is 17.4 Å². The molecule has 64 valence electrons. The van der Waals surface area contributed by atoms with E-state index < -0.39 is 0 Å². The number of carbonyl (C=O) groups is 1. The van der Waals surface area contributed by atoms with Crippen molar-refractivity contribution in [3.8, 4) is 0 Å². The van der Waals surface area contributed by atoms with Crippen LogP contribution in [0.15, 0.2) is 12.7 Å². The van der Waals surface area contributed by atoms with E-state index in [1.165, 1.54) is 6.08 Å². The Bertz CT molecular complexity index is 134. The van der Waals surface area contributed by atoms with E-state index in [9.17, 15) is 4.79 Å². The van der Waals surface area contributed by atoms with Crippen LogP contribution in [0.1, 0.15) is 19.8 Å². The van der Waals surface area contributed by atoms with Gasteiger partial charge in [-0.3, -0.25) is 0 Å².